The van der Waals surface area contributed by atoms with Crippen molar-refractivity contribution in [3.63, 3.8) is 0 Å². The topological polar surface area (TPSA) is 212 Å². The first-order valence-electron chi connectivity index (χ1n) is 21.9. The number of hydrogen-bond acceptors (Lipinski definition) is 9. The summed E-state index contributed by atoms with van der Waals surface area (Å²) in [5.41, 5.74) is 0.551. The van der Waals surface area contributed by atoms with Crippen molar-refractivity contribution in [1.82, 2.24) is 35.5 Å². The summed E-state index contributed by atoms with van der Waals surface area (Å²) >= 11 is 0. The molecule has 4 rings (SSSR count). The molecule has 60 heavy (non-hydrogen) atoms. The zero-order valence-corrected chi connectivity index (χ0v) is 37.6. The van der Waals surface area contributed by atoms with Crippen LogP contribution in [0.15, 0.2) is 42.9 Å². The fourth-order valence-electron chi connectivity index (χ4n) is 8.17. The Morgan fingerprint density at radius 2 is 1.58 bits per heavy atom. The van der Waals surface area contributed by atoms with Gasteiger partial charge in [0.2, 0.25) is 27.7 Å². The third-order valence-corrected chi connectivity index (χ3v) is 13.1. The fourth-order valence-corrected chi connectivity index (χ4v) is 9.64. The highest BCUT2D eigenvalue weighted by molar-refractivity contribution is 7.89. The second-order valence-corrected chi connectivity index (χ2v) is 20.4. The number of H-pyrrole nitrogens is 1. The Kier molecular flexibility index (Phi) is 18.4. The van der Waals surface area contributed by atoms with Crippen LogP contribution < -0.4 is 20.7 Å². The van der Waals surface area contributed by atoms with E-state index in [0.29, 0.717) is 31.5 Å². The van der Waals surface area contributed by atoms with Gasteiger partial charge in [-0.2, -0.15) is 0 Å². The van der Waals surface area contributed by atoms with E-state index in [1.807, 2.05) is 58.0 Å². The molecule has 4 amide bonds. The standard InChI is InChI=1S/C44H71N7O8S/c1-29(2)27-60(57,58)47-25-33(30(3)4)23-39(52)35(21-31-15-10-8-11-16-31)48-41(54)37(24-34-26-45-28-46-34)49-40(53)36(22-32-17-12-9-13-18-32)50-42(55)38-19-14-20-51(38)43(56)59-44(5,6)7/h9,12-13,17-18,26,28-31,33,35-39,47,52H,8,10-11,14-16,19-25,27H2,1-7H3,(H,45,46)(H,48,54)(H,49,53)(H,50,55)/t33-,35+,36+,37+,38+,39+/m1/s1. The van der Waals surface area contributed by atoms with E-state index in [1.165, 1.54) is 11.2 Å². The Labute approximate surface area is 357 Å². The van der Waals surface area contributed by atoms with Crippen LogP contribution in [-0.2, 0) is 42.0 Å². The van der Waals surface area contributed by atoms with E-state index < -0.39 is 69.7 Å². The van der Waals surface area contributed by atoms with Crippen LogP contribution in [0.4, 0.5) is 4.79 Å². The lowest BCUT2D eigenvalue weighted by Crippen LogP contribution is -2.59. The fraction of sp³-hybridized carbons (Fsp3) is 0.705. The maximum Gasteiger partial charge on any atom is 0.410 e. The number of aliphatic hydroxyl groups is 1. The number of nitrogens with zero attached hydrogens (tertiary/aromatic N) is 2. The van der Waals surface area contributed by atoms with Crippen LogP contribution in [0, 0.1) is 23.7 Å². The number of hydrogen-bond donors (Lipinski definition) is 6. The molecule has 336 valence electrons. The summed E-state index contributed by atoms with van der Waals surface area (Å²) in [5.74, 6) is -1.53. The lowest BCUT2D eigenvalue weighted by molar-refractivity contribution is -0.133. The number of imidazole rings is 1. The van der Waals surface area contributed by atoms with Crippen LogP contribution in [-0.4, -0.2) is 107 Å². The van der Waals surface area contributed by atoms with Crippen molar-refractivity contribution in [2.75, 3.05) is 18.8 Å². The molecule has 2 fully saturated rings. The van der Waals surface area contributed by atoms with Gasteiger partial charge < -0.3 is 30.8 Å². The summed E-state index contributed by atoms with van der Waals surface area (Å²) in [4.78, 5) is 64.4. The van der Waals surface area contributed by atoms with E-state index >= 15 is 0 Å². The first-order valence-corrected chi connectivity index (χ1v) is 23.5. The van der Waals surface area contributed by atoms with Gasteiger partial charge in [0, 0.05) is 32.1 Å². The second kappa shape index (κ2) is 22.7. The van der Waals surface area contributed by atoms with Crippen molar-refractivity contribution < 1.29 is 37.4 Å². The molecular weight excluding hydrogens is 787 g/mol. The number of sulfonamides is 1. The summed E-state index contributed by atoms with van der Waals surface area (Å²) in [6, 6.07) is 5.47. The van der Waals surface area contributed by atoms with Crippen molar-refractivity contribution in [1.29, 1.82) is 0 Å². The summed E-state index contributed by atoms with van der Waals surface area (Å²) in [6.45, 7) is 13.5. The van der Waals surface area contributed by atoms with E-state index in [-0.39, 0.29) is 55.2 Å². The van der Waals surface area contributed by atoms with Crippen molar-refractivity contribution in [3.8, 4) is 0 Å². The molecule has 16 heteroatoms. The van der Waals surface area contributed by atoms with Crippen molar-refractivity contribution in [3.05, 3.63) is 54.1 Å². The smallest absolute Gasteiger partial charge is 0.410 e. The van der Waals surface area contributed by atoms with E-state index in [1.54, 1.807) is 27.0 Å². The van der Waals surface area contributed by atoms with Crippen LogP contribution in [0.3, 0.4) is 0 Å². The molecule has 0 spiro atoms. The molecule has 6 N–H and O–H groups in total. The van der Waals surface area contributed by atoms with E-state index in [4.69, 9.17) is 4.74 Å². The molecule has 1 aromatic heterocycles. The van der Waals surface area contributed by atoms with E-state index in [9.17, 15) is 32.7 Å². The van der Waals surface area contributed by atoms with Crippen molar-refractivity contribution in [2.45, 2.75) is 155 Å². The van der Waals surface area contributed by atoms with Gasteiger partial charge >= 0.3 is 6.09 Å². The lowest BCUT2D eigenvalue weighted by Gasteiger charge is -2.34. The SMILES string of the molecule is CC(C)CS(=O)(=O)NC[C@@H](C[C@H](O)[C@H](CC1CCCCC1)NC(=O)[C@H](Cc1c[nH]cn1)NC(=O)[C@H](Cc1ccccc1)NC(=O)[C@@H]1CCCN1C(=O)OC(C)(C)C)C(C)C. The van der Waals surface area contributed by atoms with Crippen LogP contribution >= 0.6 is 0 Å². The highest BCUT2D eigenvalue weighted by atomic mass is 32.2. The summed E-state index contributed by atoms with van der Waals surface area (Å²) < 4.78 is 33.8. The highest BCUT2D eigenvalue weighted by Crippen LogP contribution is 2.30. The summed E-state index contributed by atoms with van der Waals surface area (Å²) in [5, 5.41) is 20.8. The molecule has 1 saturated heterocycles. The van der Waals surface area contributed by atoms with Crippen LogP contribution in [0.5, 0.6) is 0 Å². The van der Waals surface area contributed by atoms with Crippen LogP contribution in [0.1, 0.15) is 118 Å². The number of aromatic amines is 1. The van der Waals surface area contributed by atoms with Crippen LogP contribution in [0.25, 0.3) is 0 Å². The number of carbonyl (C=O) groups is 4. The molecule has 1 aromatic carbocycles. The molecule has 0 radical (unpaired) electrons. The molecule has 0 unspecified atom stereocenters. The predicted octanol–water partition coefficient (Wildman–Crippen LogP) is 4.62. The van der Waals surface area contributed by atoms with Gasteiger partial charge in [0.05, 0.1) is 29.9 Å². The number of aromatic nitrogens is 2. The number of amides is 4. The molecule has 2 heterocycles. The van der Waals surface area contributed by atoms with Gasteiger partial charge in [-0.3, -0.25) is 19.3 Å². The minimum absolute atomic E-state index is 0.00480. The first kappa shape index (κ1) is 48.6. The molecule has 1 aliphatic carbocycles. The number of rotatable bonds is 21. The van der Waals surface area contributed by atoms with Crippen molar-refractivity contribution in [2.24, 2.45) is 23.7 Å². The average Bonchev–Trinajstić information content (AvgIpc) is 3.88. The largest absolute Gasteiger partial charge is 0.444 e. The van der Waals surface area contributed by atoms with Gasteiger partial charge in [-0.1, -0.05) is 90.1 Å². The average molecular weight is 858 g/mol. The quantitative estimate of drug-likeness (QED) is 0.103. The van der Waals surface area contributed by atoms with Gasteiger partial charge in [0.15, 0.2) is 0 Å². The monoisotopic (exact) mass is 858 g/mol. The zero-order chi connectivity index (χ0) is 44.0. The molecule has 0 bridgehead atoms. The van der Waals surface area contributed by atoms with E-state index in [2.05, 4.69) is 30.6 Å². The molecule has 1 aliphatic heterocycles. The molecule has 2 aliphatic rings. The van der Waals surface area contributed by atoms with Gasteiger partial charge in [0.1, 0.15) is 23.7 Å². The van der Waals surface area contributed by atoms with Gasteiger partial charge in [-0.05, 0) is 75.7 Å². The molecule has 2 aromatic rings. The predicted molar refractivity (Wildman–Crippen MR) is 231 cm³/mol. The number of ether oxygens (including phenoxy) is 1. The number of likely N-dealkylation sites (tertiary alicyclic amines) is 1. The number of nitrogens with one attached hydrogen (secondary N) is 5. The first-order chi connectivity index (χ1) is 28.3. The number of aliphatic hydroxyl groups excluding tert-OH is 1. The zero-order valence-electron chi connectivity index (χ0n) is 36.7. The Morgan fingerprint density at radius 1 is 0.917 bits per heavy atom. The molecular formula is C44H71N7O8S. The Hall–Kier alpha value is -4.02. The van der Waals surface area contributed by atoms with Gasteiger partial charge in [-0.15, -0.1) is 0 Å². The molecule has 1 saturated carbocycles. The third kappa shape index (κ3) is 16.1. The minimum Gasteiger partial charge on any atom is -0.444 e. The molecule has 15 nitrogen and oxygen atoms in total. The highest BCUT2D eigenvalue weighted by Gasteiger charge is 2.39. The maximum atomic E-state index is 14.5. The Bertz CT molecular complexity index is 1760. The van der Waals surface area contributed by atoms with Crippen LogP contribution in [0.2, 0.25) is 0 Å². The second-order valence-electron chi connectivity index (χ2n) is 18.6. The van der Waals surface area contributed by atoms with Gasteiger partial charge in [0.25, 0.3) is 0 Å². The lowest BCUT2D eigenvalue weighted by atomic mass is 9.81. The minimum atomic E-state index is -3.51. The number of carbonyl (C=O) groups excluding carboxylic acids is 4. The normalized spacial score (nSPS) is 19.0. The Morgan fingerprint density at radius 3 is 2.20 bits per heavy atom. The Balaban J connectivity index is 1.57. The summed E-state index contributed by atoms with van der Waals surface area (Å²) in [6.07, 6.45) is 8.68. The molecule has 6 atom stereocenters. The summed E-state index contributed by atoms with van der Waals surface area (Å²) in [7, 11) is -3.51. The third-order valence-electron chi connectivity index (χ3n) is 11.4. The van der Waals surface area contributed by atoms with Crippen molar-refractivity contribution >= 4 is 33.8 Å². The van der Waals surface area contributed by atoms with Gasteiger partial charge in [-0.25, -0.2) is 22.9 Å². The number of benzene rings is 1. The maximum absolute atomic E-state index is 14.5. The van der Waals surface area contributed by atoms with E-state index in [0.717, 1.165) is 37.7 Å².